The van der Waals surface area contributed by atoms with Crippen LogP contribution in [-0.4, -0.2) is 12.6 Å². The molecule has 0 aliphatic carbocycles. The number of hydrogen-bond acceptors (Lipinski definition) is 2. The second kappa shape index (κ2) is 4.13. The first kappa shape index (κ1) is 11.2. The summed E-state index contributed by atoms with van der Waals surface area (Å²) in [4.78, 5) is 0.518. The standard InChI is InChI=1S/C9H9F3OS/c1-6-4-3-5-7(8(6)14-2)13-9(10,11)12/h3-5H,1-2H3. The first-order valence-electron chi connectivity index (χ1n) is 3.83. The van der Waals surface area contributed by atoms with Crippen LogP contribution in [0.1, 0.15) is 5.56 Å². The molecule has 1 aromatic carbocycles. The topological polar surface area (TPSA) is 9.23 Å². The third kappa shape index (κ3) is 2.83. The third-order valence-corrected chi connectivity index (χ3v) is 2.54. The smallest absolute Gasteiger partial charge is 0.405 e. The summed E-state index contributed by atoms with van der Waals surface area (Å²) in [5.41, 5.74) is 0.777. The normalized spacial score (nSPS) is 11.5. The Morgan fingerprint density at radius 2 is 1.93 bits per heavy atom. The Morgan fingerprint density at radius 1 is 1.29 bits per heavy atom. The minimum absolute atomic E-state index is 0.134. The maximum Gasteiger partial charge on any atom is 0.573 e. The monoisotopic (exact) mass is 222 g/mol. The molecule has 1 nitrogen and oxygen atoms in total. The van der Waals surface area contributed by atoms with E-state index in [9.17, 15) is 13.2 Å². The van der Waals surface area contributed by atoms with E-state index >= 15 is 0 Å². The van der Waals surface area contributed by atoms with Crippen LogP contribution in [0.5, 0.6) is 5.75 Å². The molecule has 0 bridgehead atoms. The summed E-state index contributed by atoms with van der Waals surface area (Å²) in [6.07, 6.45) is -2.91. The summed E-state index contributed by atoms with van der Waals surface area (Å²) in [5, 5.41) is 0. The van der Waals surface area contributed by atoms with Crippen molar-refractivity contribution in [1.82, 2.24) is 0 Å². The highest BCUT2D eigenvalue weighted by Gasteiger charge is 2.32. The summed E-state index contributed by atoms with van der Waals surface area (Å²) in [5.74, 6) is -0.134. The van der Waals surface area contributed by atoms with Crippen LogP contribution >= 0.6 is 11.8 Å². The Balaban J connectivity index is 3.02. The zero-order chi connectivity index (χ0) is 10.8. The second-order valence-corrected chi connectivity index (χ2v) is 3.47. The molecule has 0 fully saturated rings. The molecule has 1 rings (SSSR count). The van der Waals surface area contributed by atoms with Crippen molar-refractivity contribution in [3.63, 3.8) is 0 Å². The molecule has 0 amide bonds. The number of aryl methyl sites for hydroxylation is 1. The van der Waals surface area contributed by atoms with Gasteiger partial charge in [-0.15, -0.1) is 24.9 Å². The Hall–Kier alpha value is -0.840. The molecule has 0 atom stereocenters. The largest absolute Gasteiger partial charge is 0.573 e. The summed E-state index contributed by atoms with van der Waals surface area (Å²) in [7, 11) is 0. The van der Waals surface area contributed by atoms with Crippen molar-refractivity contribution in [3.05, 3.63) is 23.8 Å². The molecular weight excluding hydrogens is 213 g/mol. The highest BCUT2D eigenvalue weighted by Crippen LogP contribution is 2.34. The number of ether oxygens (including phenoxy) is 1. The Morgan fingerprint density at radius 3 is 2.43 bits per heavy atom. The van der Waals surface area contributed by atoms with Gasteiger partial charge in [0.1, 0.15) is 5.75 Å². The molecule has 1 aromatic rings. The fourth-order valence-corrected chi connectivity index (χ4v) is 1.79. The summed E-state index contributed by atoms with van der Waals surface area (Å²) in [6, 6.07) is 4.59. The molecule has 0 spiro atoms. The SMILES string of the molecule is CSc1c(C)cccc1OC(F)(F)F. The van der Waals surface area contributed by atoms with Crippen LogP contribution in [0.4, 0.5) is 13.2 Å². The van der Waals surface area contributed by atoms with E-state index in [2.05, 4.69) is 4.74 Å². The average Bonchev–Trinajstić information content (AvgIpc) is 2.01. The second-order valence-electron chi connectivity index (χ2n) is 2.65. The predicted molar refractivity (Wildman–Crippen MR) is 49.6 cm³/mol. The van der Waals surface area contributed by atoms with Crippen molar-refractivity contribution in [2.75, 3.05) is 6.26 Å². The van der Waals surface area contributed by atoms with Crippen molar-refractivity contribution in [2.45, 2.75) is 18.2 Å². The quantitative estimate of drug-likeness (QED) is 0.707. The molecule has 5 heteroatoms. The van der Waals surface area contributed by atoms with Gasteiger partial charge in [0, 0.05) is 0 Å². The molecule has 0 radical (unpaired) electrons. The lowest BCUT2D eigenvalue weighted by molar-refractivity contribution is -0.275. The lowest BCUT2D eigenvalue weighted by atomic mass is 10.2. The fraction of sp³-hybridized carbons (Fsp3) is 0.333. The number of hydrogen-bond donors (Lipinski definition) is 0. The van der Waals surface area contributed by atoms with E-state index in [4.69, 9.17) is 0 Å². The van der Waals surface area contributed by atoms with Crippen molar-refractivity contribution < 1.29 is 17.9 Å². The lowest BCUT2D eigenvalue weighted by Crippen LogP contribution is -2.17. The summed E-state index contributed by atoms with van der Waals surface area (Å²) >= 11 is 1.24. The Bertz CT molecular complexity index is 322. The van der Waals surface area contributed by atoms with Gasteiger partial charge < -0.3 is 4.74 Å². The molecule has 78 valence electrons. The van der Waals surface area contributed by atoms with E-state index in [1.807, 2.05) is 0 Å². The molecule has 0 aliphatic heterocycles. The number of thioether (sulfide) groups is 1. The molecule has 0 saturated carbocycles. The predicted octanol–water partition coefficient (Wildman–Crippen LogP) is 3.62. The molecule has 0 aliphatic rings. The van der Waals surface area contributed by atoms with Crippen LogP contribution < -0.4 is 4.74 Å². The molecular formula is C9H9F3OS. The number of benzene rings is 1. The van der Waals surface area contributed by atoms with Gasteiger partial charge in [0.15, 0.2) is 0 Å². The van der Waals surface area contributed by atoms with Crippen LogP contribution in [0.25, 0.3) is 0 Å². The van der Waals surface area contributed by atoms with Gasteiger partial charge in [-0.05, 0) is 24.8 Å². The molecule has 0 heterocycles. The number of alkyl halides is 3. The Kier molecular flexibility index (Phi) is 3.31. The zero-order valence-corrected chi connectivity index (χ0v) is 8.50. The zero-order valence-electron chi connectivity index (χ0n) is 7.68. The summed E-state index contributed by atoms with van der Waals surface area (Å²) in [6.45, 7) is 1.75. The molecule has 14 heavy (non-hydrogen) atoms. The molecule has 0 aromatic heterocycles. The highest BCUT2D eigenvalue weighted by molar-refractivity contribution is 7.98. The van der Waals surface area contributed by atoms with E-state index in [0.717, 1.165) is 5.56 Å². The van der Waals surface area contributed by atoms with E-state index in [1.165, 1.54) is 23.9 Å². The first-order chi connectivity index (χ1) is 6.44. The van der Waals surface area contributed by atoms with Gasteiger partial charge in [-0.2, -0.15) is 0 Å². The van der Waals surface area contributed by atoms with Gasteiger partial charge in [0.25, 0.3) is 0 Å². The van der Waals surface area contributed by atoms with Crippen molar-refractivity contribution >= 4 is 11.8 Å². The van der Waals surface area contributed by atoms with Crippen molar-refractivity contribution in [2.24, 2.45) is 0 Å². The maximum absolute atomic E-state index is 12.0. The van der Waals surface area contributed by atoms with Gasteiger partial charge in [-0.25, -0.2) is 0 Å². The van der Waals surface area contributed by atoms with Crippen LogP contribution in [0, 0.1) is 6.92 Å². The number of rotatable bonds is 2. The van der Waals surface area contributed by atoms with Gasteiger partial charge in [0.05, 0.1) is 4.90 Å². The van der Waals surface area contributed by atoms with Crippen LogP contribution in [-0.2, 0) is 0 Å². The minimum atomic E-state index is -4.63. The Labute approximate surface area is 84.3 Å². The van der Waals surface area contributed by atoms with Gasteiger partial charge in [-0.3, -0.25) is 0 Å². The van der Waals surface area contributed by atoms with Crippen molar-refractivity contribution in [1.29, 1.82) is 0 Å². The van der Waals surface area contributed by atoms with Gasteiger partial charge in [-0.1, -0.05) is 12.1 Å². The van der Waals surface area contributed by atoms with Crippen LogP contribution in [0.3, 0.4) is 0 Å². The lowest BCUT2D eigenvalue weighted by Gasteiger charge is -2.13. The van der Waals surface area contributed by atoms with E-state index in [-0.39, 0.29) is 5.75 Å². The van der Waals surface area contributed by atoms with Gasteiger partial charge >= 0.3 is 6.36 Å². The third-order valence-electron chi connectivity index (χ3n) is 1.61. The maximum atomic E-state index is 12.0. The minimum Gasteiger partial charge on any atom is -0.405 e. The molecule has 0 unspecified atom stereocenters. The number of halogens is 3. The highest BCUT2D eigenvalue weighted by atomic mass is 32.2. The molecule has 0 N–H and O–H groups in total. The van der Waals surface area contributed by atoms with Crippen molar-refractivity contribution in [3.8, 4) is 5.75 Å². The fourth-order valence-electron chi connectivity index (χ4n) is 1.09. The van der Waals surface area contributed by atoms with E-state index < -0.39 is 6.36 Å². The van der Waals surface area contributed by atoms with E-state index in [1.54, 1.807) is 19.2 Å². The first-order valence-corrected chi connectivity index (χ1v) is 5.06. The average molecular weight is 222 g/mol. The van der Waals surface area contributed by atoms with Crippen LogP contribution in [0.2, 0.25) is 0 Å². The summed E-state index contributed by atoms with van der Waals surface area (Å²) < 4.78 is 39.8. The van der Waals surface area contributed by atoms with Crippen LogP contribution in [0.15, 0.2) is 23.1 Å². The van der Waals surface area contributed by atoms with E-state index in [0.29, 0.717) is 4.90 Å². The molecule has 0 saturated heterocycles. The van der Waals surface area contributed by atoms with Gasteiger partial charge in [0.2, 0.25) is 0 Å².